The molecule has 0 saturated carbocycles. The second-order valence-corrected chi connectivity index (χ2v) is 5.92. The summed E-state index contributed by atoms with van der Waals surface area (Å²) >= 11 is 1.57. The number of carbonyl (C=O) groups is 3. The van der Waals surface area contributed by atoms with E-state index in [-0.39, 0.29) is 18.2 Å². The van der Waals surface area contributed by atoms with Gasteiger partial charge in [0.1, 0.15) is 6.04 Å². The lowest BCUT2D eigenvalue weighted by molar-refractivity contribution is -0.137. The van der Waals surface area contributed by atoms with E-state index in [9.17, 15) is 14.4 Å². The first-order valence-corrected chi connectivity index (χ1v) is 8.13. The number of hydrogen-bond donors (Lipinski definition) is 4. The molecule has 0 aliphatic rings. The number of thioether (sulfide) groups is 1. The highest BCUT2D eigenvalue weighted by molar-refractivity contribution is 7.99. The van der Waals surface area contributed by atoms with Crippen LogP contribution in [0.1, 0.15) is 39.5 Å². The summed E-state index contributed by atoms with van der Waals surface area (Å²) in [6.07, 6.45) is 2.68. The molecule has 7 nitrogen and oxygen atoms in total. The van der Waals surface area contributed by atoms with Crippen LogP contribution in [0.3, 0.4) is 0 Å². The van der Waals surface area contributed by atoms with Gasteiger partial charge in [-0.05, 0) is 32.4 Å². The van der Waals surface area contributed by atoms with Crippen molar-refractivity contribution in [1.29, 1.82) is 0 Å². The summed E-state index contributed by atoms with van der Waals surface area (Å²) in [5.74, 6) is -0.0414. The Morgan fingerprint density at radius 2 is 1.81 bits per heavy atom. The van der Waals surface area contributed by atoms with Crippen molar-refractivity contribution >= 4 is 29.5 Å². The van der Waals surface area contributed by atoms with E-state index in [4.69, 9.17) is 10.8 Å². The molecular formula is C13H25N3O4S. The van der Waals surface area contributed by atoms with Gasteiger partial charge in [0, 0.05) is 6.42 Å². The van der Waals surface area contributed by atoms with Crippen LogP contribution in [0, 0.1) is 0 Å². The predicted octanol–water partition coefficient (Wildman–Crippen LogP) is 0.290. The lowest BCUT2D eigenvalue weighted by Crippen LogP contribution is -2.49. The molecule has 0 aliphatic carbocycles. The lowest BCUT2D eigenvalue weighted by atomic mass is 10.2. The summed E-state index contributed by atoms with van der Waals surface area (Å²) < 4.78 is 0. The third-order valence-electron chi connectivity index (χ3n) is 2.69. The third-order valence-corrected chi connectivity index (χ3v) is 3.62. The van der Waals surface area contributed by atoms with Gasteiger partial charge in [0.25, 0.3) is 0 Å². The van der Waals surface area contributed by atoms with E-state index in [2.05, 4.69) is 10.6 Å². The van der Waals surface area contributed by atoms with Gasteiger partial charge >= 0.3 is 5.97 Å². The monoisotopic (exact) mass is 319 g/mol. The van der Waals surface area contributed by atoms with Crippen molar-refractivity contribution in [2.45, 2.75) is 51.6 Å². The zero-order chi connectivity index (χ0) is 16.3. The van der Waals surface area contributed by atoms with Crippen LogP contribution in [0.2, 0.25) is 0 Å². The number of carbonyl (C=O) groups excluding carboxylic acids is 2. The summed E-state index contributed by atoms with van der Waals surface area (Å²) in [6, 6.07) is -1.25. The van der Waals surface area contributed by atoms with E-state index in [0.29, 0.717) is 12.3 Å². The molecule has 2 amide bonds. The molecule has 0 aromatic rings. The van der Waals surface area contributed by atoms with Crippen molar-refractivity contribution in [3.05, 3.63) is 0 Å². The third kappa shape index (κ3) is 11.1. The highest BCUT2D eigenvalue weighted by Crippen LogP contribution is 2.06. The minimum Gasteiger partial charge on any atom is -0.481 e. The quantitative estimate of drug-likeness (QED) is 0.321. The maximum atomic E-state index is 11.7. The van der Waals surface area contributed by atoms with Crippen LogP contribution in [0.4, 0.5) is 0 Å². The minimum absolute atomic E-state index is 0.207. The molecule has 2 atom stereocenters. The molecule has 0 saturated heterocycles. The van der Waals surface area contributed by atoms with E-state index < -0.39 is 18.1 Å². The van der Waals surface area contributed by atoms with Gasteiger partial charge in [0.2, 0.25) is 11.8 Å². The Hall–Kier alpha value is -1.28. The molecule has 0 unspecified atom stereocenters. The maximum absolute atomic E-state index is 11.7. The molecule has 0 radical (unpaired) electrons. The number of amides is 2. The van der Waals surface area contributed by atoms with Crippen LogP contribution >= 0.6 is 11.8 Å². The van der Waals surface area contributed by atoms with E-state index in [1.807, 2.05) is 0 Å². The average molecular weight is 319 g/mol. The molecule has 0 aromatic heterocycles. The van der Waals surface area contributed by atoms with Crippen molar-refractivity contribution in [2.24, 2.45) is 5.73 Å². The summed E-state index contributed by atoms with van der Waals surface area (Å²) in [7, 11) is 0. The molecule has 0 bridgehead atoms. The van der Waals surface area contributed by atoms with Crippen LogP contribution in [0.25, 0.3) is 0 Å². The van der Waals surface area contributed by atoms with Gasteiger partial charge in [0.15, 0.2) is 0 Å². The van der Waals surface area contributed by atoms with E-state index in [1.54, 1.807) is 25.6 Å². The van der Waals surface area contributed by atoms with Gasteiger partial charge in [-0.1, -0.05) is 6.42 Å². The fraction of sp³-hybridized carbons (Fsp3) is 0.769. The number of carboxylic acid groups (broad SMARTS) is 1. The number of nitrogens with two attached hydrogens (primary N) is 1. The molecule has 0 aromatic carbocycles. The molecule has 0 spiro atoms. The van der Waals surface area contributed by atoms with Crippen LogP contribution < -0.4 is 16.4 Å². The Bertz CT molecular complexity index is 350. The first-order chi connectivity index (χ1) is 9.84. The Labute approximate surface area is 129 Å². The molecule has 0 rings (SSSR count). The van der Waals surface area contributed by atoms with Gasteiger partial charge in [0.05, 0.1) is 11.9 Å². The molecule has 5 N–H and O–H groups in total. The molecule has 0 fully saturated rings. The summed E-state index contributed by atoms with van der Waals surface area (Å²) in [4.78, 5) is 33.3. The number of nitrogens with one attached hydrogen (secondary N) is 2. The van der Waals surface area contributed by atoms with E-state index in [1.165, 1.54) is 0 Å². The minimum atomic E-state index is -0.766. The fourth-order valence-electron chi connectivity index (χ4n) is 1.41. The van der Waals surface area contributed by atoms with Crippen LogP contribution in [-0.4, -0.2) is 46.6 Å². The van der Waals surface area contributed by atoms with Crippen molar-refractivity contribution < 1.29 is 19.5 Å². The van der Waals surface area contributed by atoms with Crippen LogP contribution in [-0.2, 0) is 14.4 Å². The molecular weight excluding hydrogens is 294 g/mol. The Balaban J connectivity index is 3.57. The molecule has 0 aliphatic heterocycles. The van der Waals surface area contributed by atoms with Crippen molar-refractivity contribution in [1.82, 2.24) is 10.6 Å². The van der Waals surface area contributed by atoms with Gasteiger partial charge < -0.3 is 21.5 Å². The predicted molar refractivity (Wildman–Crippen MR) is 82.8 cm³/mol. The van der Waals surface area contributed by atoms with Crippen molar-refractivity contribution in [3.8, 4) is 0 Å². The largest absolute Gasteiger partial charge is 0.481 e. The second-order valence-electron chi connectivity index (χ2n) is 4.82. The normalized spacial score (nSPS) is 13.3. The highest BCUT2D eigenvalue weighted by Gasteiger charge is 2.16. The Morgan fingerprint density at radius 3 is 2.38 bits per heavy atom. The number of hydrogen-bond acceptors (Lipinski definition) is 5. The average Bonchev–Trinajstić information content (AvgIpc) is 2.40. The fourth-order valence-corrected chi connectivity index (χ4v) is 2.21. The van der Waals surface area contributed by atoms with Crippen molar-refractivity contribution in [2.75, 3.05) is 11.6 Å². The van der Waals surface area contributed by atoms with Gasteiger partial charge in [-0.25, -0.2) is 0 Å². The number of carboxylic acids is 1. The zero-order valence-electron chi connectivity index (χ0n) is 12.6. The highest BCUT2D eigenvalue weighted by atomic mass is 32.2. The van der Waals surface area contributed by atoms with Crippen LogP contribution in [0.5, 0.6) is 0 Å². The van der Waals surface area contributed by atoms with Gasteiger partial charge in [-0.3, -0.25) is 14.4 Å². The summed E-state index contributed by atoms with van der Waals surface area (Å²) in [6.45, 7) is 3.16. The Morgan fingerprint density at radius 1 is 1.14 bits per heavy atom. The van der Waals surface area contributed by atoms with Gasteiger partial charge in [-0.15, -0.1) is 11.8 Å². The second kappa shape index (κ2) is 11.4. The smallest absolute Gasteiger partial charge is 0.303 e. The topological polar surface area (TPSA) is 122 Å². The first-order valence-electron chi connectivity index (χ1n) is 6.97. The lowest BCUT2D eigenvalue weighted by Gasteiger charge is -2.15. The van der Waals surface area contributed by atoms with Crippen LogP contribution in [0.15, 0.2) is 0 Å². The number of rotatable bonds is 11. The number of unbranched alkanes of at least 4 members (excludes halogenated alkanes) is 2. The van der Waals surface area contributed by atoms with Gasteiger partial charge in [-0.2, -0.15) is 0 Å². The number of aliphatic carboxylic acids is 1. The summed E-state index contributed by atoms with van der Waals surface area (Å²) in [5, 5.41) is 13.7. The molecule has 8 heteroatoms. The molecule has 0 heterocycles. The van der Waals surface area contributed by atoms with Crippen molar-refractivity contribution in [3.63, 3.8) is 0 Å². The molecule has 21 heavy (non-hydrogen) atoms. The molecule has 122 valence electrons. The first kappa shape index (κ1) is 19.7. The standard InChI is InChI=1S/C13H25N3O4S/c1-9(14)12(19)16-10(2)13(20)15-8-21-7-5-3-4-6-11(17)18/h9-10H,3-8,14H2,1-2H3,(H,15,20)(H,16,19)(H,17,18)/t9-,10+/m0/s1. The van der Waals surface area contributed by atoms with E-state index in [0.717, 1.165) is 18.6 Å². The maximum Gasteiger partial charge on any atom is 0.303 e. The zero-order valence-corrected chi connectivity index (χ0v) is 13.4. The Kier molecular flexibility index (Phi) is 10.7. The summed E-state index contributed by atoms with van der Waals surface area (Å²) in [5.41, 5.74) is 5.40. The van der Waals surface area contributed by atoms with E-state index >= 15 is 0 Å². The SMILES string of the molecule is C[C@H](N)C(=O)N[C@H](C)C(=O)NCSCCCCCC(=O)O.